The number of imidazole rings is 1. The summed E-state index contributed by atoms with van der Waals surface area (Å²) in [6.07, 6.45) is 5.19. The zero-order valence-electron chi connectivity index (χ0n) is 16.8. The molecular weight excluding hydrogens is 435 g/mol. The number of hydrogen-bond donors (Lipinski definition) is 1. The molecule has 4 rings (SSSR count). The number of aromatic nitrogens is 2. The molecule has 0 unspecified atom stereocenters. The number of methoxy groups -OCH3 is 1. The molecule has 8 nitrogen and oxygen atoms in total. The third-order valence-electron chi connectivity index (χ3n) is 4.37. The Bertz CT molecular complexity index is 1290. The Labute approximate surface area is 185 Å². The first-order valence-electron chi connectivity index (χ1n) is 9.41. The highest BCUT2D eigenvalue weighted by molar-refractivity contribution is 7.15. The van der Waals surface area contributed by atoms with Gasteiger partial charge in [0.25, 0.3) is 0 Å². The van der Waals surface area contributed by atoms with Gasteiger partial charge in [-0.2, -0.15) is 5.10 Å². The number of fused-ring (bicyclic) bond motifs is 1. The number of thiazole rings is 1. The van der Waals surface area contributed by atoms with Gasteiger partial charge in [0.1, 0.15) is 5.82 Å². The Morgan fingerprint density at radius 1 is 1.25 bits per heavy atom. The number of nitrogens with zero attached hydrogens (tertiary/aromatic N) is 3. The van der Waals surface area contributed by atoms with Gasteiger partial charge in [-0.05, 0) is 35.9 Å². The van der Waals surface area contributed by atoms with Crippen molar-refractivity contribution >= 4 is 34.4 Å². The molecule has 10 heteroatoms. The smallest absolute Gasteiger partial charge is 0.346 e. The fourth-order valence-corrected chi connectivity index (χ4v) is 3.59. The van der Waals surface area contributed by atoms with Crippen LogP contribution in [-0.4, -0.2) is 34.6 Å². The Balaban J connectivity index is 1.38. The van der Waals surface area contributed by atoms with E-state index in [1.54, 1.807) is 24.4 Å². The number of halogens is 1. The minimum absolute atomic E-state index is 0.0972. The lowest BCUT2D eigenvalue weighted by atomic mass is 10.2. The summed E-state index contributed by atoms with van der Waals surface area (Å²) in [5.74, 6) is -1.44. The molecule has 0 spiro atoms. The summed E-state index contributed by atoms with van der Waals surface area (Å²) in [5.41, 5.74) is 3.50. The number of amides is 1. The molecule has 162 valence electrons. The van der Waals surface area contributed by atoms with Crippen LogP contribution in [-0.2, 0) is 11.2 Å². The molecular formula is C22H17FN4O4S. The van der Waals surface area contributed by atoms with Crippen LogP contribution in [0.25, 0.3) is 4.96 Å². The lowest BCUT2D eigenvalue weighted by molar-refractivity contribution is -0.120. The molecule has 0 radical (unpaired) electrons. The van der Waals surface area contributed by atoms with Crippen LogP contribution in [0.15, 0.2) is 65.3 Å². The van der Waals surface area contributed by atoms with Gasteiger partial charge in [0.15, 0.2) is 16.5 Å². The quantitative estimate of drug-likeness (QED) is 0.201. The maximum absolute atomic E-state index is 13.8. The molecule has 0 atom stereocenters. The van der Waals surface area contributed by atoms with Crippen molar-refractivity contribution in [1.82, 2.24) is 14.8 Å². The molecule has 0 bridgehead atoms. The SMILES string of the molecule is COc1cc(C=NNC(=O)Cc2cn3ccsc3n2)ccc1OC(=O)c1ccccc1F. The molecule has 1 N–H and O–H groups in total. The van der Waals surface area contributed by atoms with Gasteiger partial charge in [0.05, 0.1) is 31.0 Å². The van der Waals surface area contributed by atoms with Crippen LogP contribution >= 0.6 is 11.3 Å². The molecule has 32 heavy (non-hydrogen) atoms. The van der Waals surface area contributed by atoms with E-state index < -0.39 is 11.8 Å². The van der Waals surface area contributed by atoms with Crippen molar-refractivity contribution in [3.05, 3.63) is 82.9 Å². The van der Waals surface area contributed by atoms with E-state index in [9.17, 15) is 14.0 Å². The number of benzene rings is 2. The average molecular weight is 452 g/mol. The van der Waals surface area contributed by atoms with E-state index in [1.165, 1.54) is 48.9 Å². The third kappa shape index (κ3) is 4.81. The van der Waals surface area contributed by atoms with Crippen molar-refractivity contribution in [2.24, 2.45) is 5.10 Å². The minimum Gasteiger partial charge on any atom is -0.493 e. The number of esters is 1. The van der Waals surface area contributed by atoms with Crippen molar-refractivity contribution in [2.75, 3.05) is 7.11 Å². The number of carbonyl (C=O) groups excluding carboxylic acids is 2. The molecule has 0 fully saturated rings. The largest absolute Gasteiger partial charge is 0.493 e. The lowest BCUT2D eigenvalue weighted by Crippen LogP contribution is -2.19. The highest BCUT2D eigenvalue weighted by Gasteiger charge is 2.16. The number of nitrogens with one attached hydrogen (secondary N) is 1. The average Bonchev–Trinajstić information content (AvgIpc) is 3.36. The normalized spacial score (nSPS) is 11.1. The van der Waals surface area contributed by atoms with Gasteiger partial charge in [-0.3, -0.25) is 9.20 Å². The molecule has 2 aromatic heterocycles. The van der Waals surface area contributed by atoms with Gasteiger partial charge in [-0.1, -0.05) is 12.1 Å². The van der Waals surface area contributed by atoms with Crippen LogP contribution in [0.4, 0.5) is 4.39 Å². The van der Waals surface area contributed by atoms with Gasteiger partial charge in [0, 0.05) is 17.8 Å². The van der Waals surface area contributed by atoms with Gasteiger partial charge in [0.2, 0.25) is 5.91 Å². The standard InChI is InChI=1S/C22H17FN4O4S/c1-30-19-10-14(6-7-18(19)31-21(29)16-4-2-3-5-17(16)23)12-24-26-20(28)11-15-13-27-8-9-32-22(27)25-15/h2-10,12-13H,11H2,1H3,(H,26,28). The van der Waals surface area contributed by atoms with Crippen molar-refractivity contribution < 1.29 is 23.5 Å². The summed E-state index contributed by atoms with van der Waals surface area (Å²) >= 11 is 1.49. The van der Waals surface area contributed by atoms with E-state index in [0.717, 1.165) is 4.96 Å². The zero-order chi connectivity index (χ0) is 22.5. The molecule has 2 aromatic carbocycles. The van der Waals surface area contributed by atoms with Crippen LogP contribution in [0.1, 0.15) is 21.6 Å². The number of carbonyl (C=O) groups is 2. The molecule has 0 saturated heterocycles. The number of ether oxygens (including phenoxy) is 2. The van der Waals surface area contributed by atoms with Gasteiger partial charge in [-0.15, -0.1) is 11.3 Å². The van der Waals surface area contributed by atoms with Crippen LogP contribution in [0.3, 0.4) is 0 Å². The number of hydrazone groups is 1. The van der Waals surface area contributed by atoms with E-state index in [0.29, 0.717) is 11.3 Å². The predicted molar refractivity (Wildman–Crippen MR) is 117 cm³/mol. The summed E-state index contributed by atoms with van der Waals surface area (Å²) in [5, 5.41) is 5.85. The van der Waals surface area contributed by atoms with Crippen molar-refractivity contribution in [3.8, 4) is 11.5 Å². The summed E-state index contributed by atoms with van der Waals surface area (Å²) in [6, 6.07) is 10.2. The van der Waals surface area contributed by atoms with E-state index in [2.05, 4.69) is 15.5 Å². The second-order valence-corrected chi connectivity index (χ2v) is 7.45. The van der Waals surface area contributed by atoms with Crippen LogP contribution in [0.5, 0.6) is 11.5 Å². The summed E-state index contributed by atoms with van der Waals surface area (Å²) in [6.45, 7) is 0. The summed E-state index contributed by atoms with van der Waals surface area (Å²) < 4.78 is 26.1. The maximum atomic E-state index is 13.8. The Kier molecular flexibility index (Phi) is 6.22. The zero-order valence-corrected chi connectivity index (χ0v) is 17.6. The predicted octanol–water partition coefficient (Wildman–Crippen LogP) is 3.46. The van der Waals surface area contributed by atoms with Crippen molar-refractivity contribution in [1.29, 1.82) is 0 Å². The van der Waals surface area contributed by atoms with Crippen LogP contribution < -0.4 is 14.9 Å². The number of rotatable bonds is 7. The Morgan fingerprint density at radius 3 is 2.88 bits per heavy atom. The molecule has 0 aliphatic heterocycles. The molecule has 4 aromatic rings. The Hall–Kier alpha value is -4.05. The minimum atomic E-state index is -0.839. The van der Waals surface area contributed by atoms with Crippen LogP contribution in [0, 0.1) is 5.82 Å². The first-order valence-corrected chi connectivity index (χ1v) is 10.3. The van der Waals surface area contributed by atoms with Crippen molar-refractivity contribution in [2.45, 2.75) is 6.42 Å². The molecule has 2 heterocycles. The highest BCUT2D eigenvalue weighted by Crippen LogP contribution is 2.28. The summed E-state index contributed by atoms with van der Waals surface area (Å²) in [7, 11) is 1.41. The Morgan fingerprint density at radius 2 is 2.09 bits per heavy atom. The first kappa shape index (κ1) is 21.2. The fraction of sp³-hybridized carbons (Fsp3) is 0.0909. The summed E-state index contributed by atoms with van der Waals surface area (Å²) in [4.78, 5) is 29.5. The van der Waals surface area contributed by atoms with Gasteiger partial charge in [-0.25, -0.2) is 19.6 Å². The maximum Gasteiger partial charge on any atom is 0.346 e. The second-order valence-electron chi connectivity index (χ2n) is 6.57. The van der Waals surface area contributed by atoms with Crippen LogP contribution in [0.2, 0.25) is 0 Å². The van der Waals surface area contributed by atoms with E-state index in [1.807, 2.05) is 16.0 Å². The van der Waals surface area contributed by atoms with Gasteiger partial charge < -0.3 is 9.47 Å². The topological polar surface area (TPSA) is 94.3 Å². The lowest BCUT2D eigenvalue weighted by Gasteiger charge is -2.10. The van der Waals surface area contributed by atoms with Gasteiger partial charge >= 0.3 is 5.97 Å². The van der Waals surface area contributed by atoms with E-state index in [-0.39, 0.29) is 29.4 Å². The monoisotopic (exact) mass is 452 g/mol. The fourth-order valence-electron chi connectivity index (χ4n) is 2.87. The van der Waals surface area contributed by atoms with E-state index in [4.69, 9.17) is 9.47 Å². The molecule has 0 saturated carbocycles. The first-order chi connectivity index (χ1) is 15.5. The van der Waals surface area contributed by atoms with Crippen molar-refractivity contribution in [3.63, 3.8) is 0 Å². The third-order valence-corrected chi connectivity index (χ3v) is 5.14. The number of hydrogen-bond acceptors (Lipinski definition) is 7. The second kappa shape index (κ2) is 9.40. The highest BCUT2D eigenvalue weighted by atomic mass is 32.1. The molecule has 1 amide bonds. The molecule has 0 aliphatic carbocycles. The molecule has 0 aliphatic rings. The van der Waals surface area contributed by atoms with E-state index >= 15 is 0 Å².